The van der Waals surface area contributed by atoms with E-state index in [1.54, 1.807) is 11.3 Å². The van der Waals surface area contributed by atoms with Crippen LogP contribution in [-0.2, 0) is 6.54 Å². The van der Waals surface area contributed by atoms with Gasteiger partial charge in [0.25, 0.3) is 0 Å². The van der Waals surface area contributed by atoms with Crippen molar-refractivity contribution in [1.29, 1.82) is 0 Å². The number of fused-ring (bicyclic) bond motifs is 1. The molecule has 0 radical (unpaired) electrons. The Kier molecular flexibility index (Phi) is 3.63. The van der Waals surface area contributed by atoms with Crippen LogP contribution < -0.4 is 10.6 Å². The predicted octanol–water partition coefficient (Wildman–Crippen LogP) is 4.28. The molecule has 2 aromatic heterocycles. The largest absolute Gasteiger partial charge is 0.399 e. The average Bonchev–Trinajstić information content (AvgIpc) is 2.83. The number of benzene rings is 1. The molecule has 1 aromatic carbocycles. The van der Waals surface area contributed by atoms with E-state index in [1.807, 2.05) is 24.3 Å². The van der Waals surface area contributed by atoms with Crippen molar-refractivity contribution in [3.05, 3.63) is 51.1 Å². The van der Waals surface area contributed by atoms with Gasteiger partial charge < -0.3 is 10.6 Å². The van der Waals surface area contributed by atoms with E-state index < -0.39 is 0 Å². The first kappa shape index (κ1) is 13.4. The molecule has 0 aliphatic heterocycles. The highest BCUT2D eigenvalue weighted by Crippen LogP contribution is 2.24. The van der Waals surface area contributed by atoms with Gasteiger partial charge in [0.15, 0.2) is 0 Å². The molecule has 2 heterocycles. The van der Waals surface area contributed by atoms with Crippen molar-refractivity contribution in [2.75, 3.05) is 17.7 Å². The average molecular weight is 348 g/mol. The van der Waals surface area contributed by atoms with E-state index in [0.29, 0.717) is 0 Å². The lowest BCUT2D eigenvalue weighted by molar-refractivity contribution is 0.918. The topological polar surface area (TPSA) is 42.1 Å². The van der Waals surface area contributed by atoms with Crippen LogP contribution in [0.4, 0.5) is 11.5 Å². The van der Waals surface area contributed by atoms with Crippen molar-refractivity contribution in [3.63, 3.8) is 0 Å². The molecule has 0 saturated carbocycles. The number of thiophene rings is 1. The summed E-state index contributed by atoms with van der Waals surface area (Å²) in [6, 6.07) is 12.0. The van der Waals surface area contributed by atoms with Gasteiger partial charge in [-0.05, 0) is 52.3 Å². The number of halogens is 1. The van der Waals surface area contributed by atoms with Crippen molar-refractivity contribution < 1.29 is 0 Å². The van der Waals surface area contributed by atoms with Crippen molar-refractivity contribution in [1.82, 2.24) is 4.98 Å². The van der Waals surface area contributed by atoms with Crippen LogP contribution in [0.5, 0.6) is 0 Å². The molecule has 3 rings (SSSR count). The van der Waals surface area contributed by atoms with Gasteiger partial charge in [-0.3, -0.25) is 0 Å². The van der Waals surface area contributed by atoms with Crippen LogP contribution in [0.1, 0.15) is 4.88 Å². The van der Waals surface area contributed by atoms with E-state index in [1.165, 1.54) is 4.88 Å². The van der Waals surface area contributed by atoms with Gasteiger partial charge in [-0.2, -0.15) is 0 Å². The fourth-order valence-electron chi connectivity index (χ4n) is 2.10. The van der Waals surface area contributed by atoms with E-state index in [9.17, 15) is 0 Å². The Hall–Kier alpha value is -1.59. The minimum Gasteiger partial charge on any atom is -0.399 e. The van der Waals surface area contributed by atoms with Crippen LogP contribution in [0, 0.1) is 0 Å². The smallest absolute Gasteiger partial charge is 0.129 e. The van der Waals surface area contributed by atoms with Crippen LogP contribution in [0.3, 0.4) is 0 Å². The molecule has 3 nitrogen and oxygen atoms in total. The third kappa shape index (κ3) is 2.78. The van der Waals surface area contributed by atoms with Gasteiger partial charge in [0.1, 0.15) is 5.82 Å². The molecular formula is C15H14BrN3S. The SMILES string of the molecule is CN(Cc1cc(Br)cs1)c1ccc2cc(N)ccc2n1. The summed E-state index contributed by atoms with van der Waals surface area (Å²) in [5, 5.41) is 3.17. The lowest BCUT2D eigenvalue weighted by Crippen LogP contribution is -2.16. The summed E-state index contributed by atoms with van der Waals surface area (Å²) in [5.74, 6) is 0.965. The Balaban J connectivity index is 1.87. The Labute approximate surface area is 130 Å². The number of nitrogens with two attached hydrogens (primary N) is 1. The van der Waals surface area contributed by atoms with E-state index in [0.717, 1.165) is 33.4 Å². The number of rotatable bonds is 3. The minimum absolute atomic E-state index is 0.767. The van der Waals surface area contributed by atoms with Crippen LogP contribution in [0.2, 0.25) is 0 Å². The molecule has 0 saturated heterocycles. The molecule has 0 aliphatic carbocycles. The highest BCUT2D eigenvalue weighted by atomic mass is 79.9. The number of hydrogen-bond donors (Lipinski definition) is 1. The van der Waals surface area contributed by atoms with Gasteiger partial charge in [-0.1, -0.05) is 0 Å². The van der Waals surface area contributed by atoms with Gasteiger partial charge in [0.05, 0.1) is 12.1 Å². The number of pyridine rings is 1. The lowest BCUT2D eigenvalue weighted by atomic mass is 10.2. The van der Waals surface area contributed by atoms with E-state index in [4.69, 9.17) is 5.73 Å². The molecule has 0 amide bonds. The maximum atomic E-state index is 5.78. The minimum atomic E-state index is 0.767. The van der Waals surface area contributed by atoms with Crippen molar-refractivity contribution in [3.8, 4) is 0 Å². The molecule has 0 bridgehead atoms. The second-order valence-electron chi connectivity index (χ2n) is 4.71. The van der Waals surface area contributed by atoms with E-state index >= 15 is 0 Å². The molecule has 0 unspecified atom stereocenters. The standard InChI is InChI=1S/C15H14BrN3S/c1-19(8-13-7-11(16)9-20-13)15-5-2-10-6-12(17)3-4-14(10)18-15/h2-7,9H,8,17H2,1H3. The van der Waals surface area contributed by atoms with Crippen LogP contribution in [0.15, 0.2) is 46.3 Å². The first-order valence-corrected chi connectivity index (χ1v) is 7.89. The van der Waals surface area contributed by atoms with Crippen LogP contribution >= 0.6 is 27.3 Å². The highest BCUT2D eigenvalue weighted by Gasteiger charge is 2.06. The Morgan fingerprint density at radius 3 is 2.85 bits per heavy atom. The molecule has 102 valence electrons. The molecule has 3 aromatic rings. The molecule has 2 N–H and O–H groups in total. The summed E-state index contributed by atoms with van der Waals surface area (Å²) in [4.78, 5) is 8.13. The van der Waals surface area contributed by atoms with Gasteiger partial charge in [-0.15, -0.1) is 11.3 Å². The monoisotopic (exact) mass is 347 g/mol. The molecule has 0 fully saturated rings. The normalized spacial score (nSPS) is 10.9. The lowest BCUT2D eigenvalue weighted by Gasteiger charge is -2.17. The number of hydrogen-bond acceptors (Lipinski definition) is 4. The molecule has 0 atom stereocenters. The van der Waals surface area contributed by atoms with Gasteiger partial charge in [0, 0.05) is 32.9 Å². The Morgan fingerprint density at radius 1 is 1.25 bits per heavy atom. The third-order valence-electron chi connectivity index (χ3n) is 3.10. The van der Waals surface area contributed by atoms with Crippen molar-refractivity contribution in [2.45, 2.75) is 6.54 Å². The highest BCUT2D eigenvalue weighted by molar-refractivity contribution is 9.10. The number of nitrogens with zero attached hydrogens (tertiary/aromatic N) is 2. The number of nitrogen functional groups attached to an aromatic ring is 1. The number of anilines is 2. The third-order valence-corrected chi connectivity index (χ3v) is 4.79. The van der Waals surface area contributed by atoms with Gasteiger partial charge in [-0.25, -0.2) is 4.98 Å². The van der Waals surface area contributed by atoms with Crippen LogP contribution in [0.25, 0.3) is 10.9 Å². The fraction of sp³-hybridized carbons (Fsp3) is 0.133. The zero-order chi connectivity index (χ0) is 14.1. The fourth-order valence-corrected chi connectivity index (χ4v) is 3.60. The zero-order valence-electron chi connectivity index (χ0n) is 11.0. The quantitative estimate of drug-likeness (QED) is 0.719. The molecule has 5 heteroatoms. The summed E-state index contributed by atoms with van der Waals surface area (Å²) in [5.41, 5.74) is 7.52. The number of aromatic nitrogens is 1. The van der Waals surface area contributed by atoms with E-state index in [-0.39, 0.29) is 0 Å². The van der Waals surface area contributed by atoms with Gasteiger partial charge in [0.2, 0.25) is 0 Å². The van der Waals surface area contributed by atoms with Crippen molar-refractivity contribution >= 4 is 49.7 Å². The second kappa shape index (κ2) is 5.42. The molecule has 0 spiro atoms. The maximum Gasteiger partial charge on any atom is 0.129 e. The summed E-state index contributed by atoms with van der Waals surface area (Å²) in [6.07, 6.45) is 0. The van der Waals surface area contributed by atoms with E-state index in [2.05, 4.69) is 50.4 Å². The summed E-state index contributed by atoms with van der Waals surface area (Å²) in [6.45, 7) is 0.851. The molecule has 20 heavy (non-hydrogen) atoms. The first-order chi connectivity index (χ1) is 9.61. The summed E-state index contributed by atoms with van der Waals surface area (Å²) in [7, 11) is 2.05. The molecule has 0 aliphatic rings. The maximum absolute atomic E-state index is 5.78. The summed E-state index contributed by atoms with van der Waals surface area (Å²) < 4.78 is 1.13. The van der Waals surface area contributed by atoms with Crippen LogP contribution in [-0.4, -0.2) is 12.0 Å². The first-order valence-electron chi connectivity index (χ1n) is 6.22. The Bertz CT molecular complexity index is 754. The molecular weight excluding hydrogens is 334 g/mol. The second-order valence-corrected chi connectivity index (χ2v) is 6.62. The Morgan fingerprint density at radius 2 is 2.10 bits per heavy atom. The van der Waals surface area contributed by atoms with Crippen molar-refractivity contribution in [2.24, 2.45) is 0 Å². The zero-order valence-corrected chi connectivity index (χ0v) is 13.4. The summed E-state index contributed by atoms with van der Waals surface area (Å²) >= 11 is 5.23. The van der Waals surface area contributed by atoms with Gasteiger partial charge >= 0.3 is 0 Å². The predicted molar refractivity (Wildman–Crippen MR) is 90.3 cm³/mol.